The summed E-state index contributed by atoms with van der Waals surface area (Å²) in [5.41, 5.74) is 2.38. The molecule has 0 saturated heterocycles. The minimum Gasteiger partial charge on any atom is -0.481 e. The summed E-state index contributed by atoms with van der Waals surface area (Å²) in [6.07, 6.45) is 3.55. The standard InChI is InChI=1S/C11H18N2O2/c1-8(2)11-9(7-12-13(11)3)5-4-6-10(14)15/h7-8H,4-6H2,1-3H3,(H,14,15). The summed E-state index contributed by atoms with van der Waals surface area (Å²) in [5, 5.41) is 12.8. The van der Waals surface area contributed by atoms with Crippen molar-refractivity contribution in [3.63, 3.8) is 0 Å². The molecule has 0 bridgehead atoms. The lowest BCUT2D eigenvalue weighted by atomic mass is 10.0. The maximum absolute atomic E-state index is 10.4. The molecule has 1 aromatic heterocycles. The Morgan fingerprint density at radius 1 is 1.60 bits per heavy atom. The van der Waals surface area contributed by atoms with Crippen molar-refractivity contribution in [2.45, 2.75) is 39.0 Å². The quantitative estimate of drug-likeness (QED) is 0.808. The van der Waals surface area contributed by atoms with Crippen molar-refractivity contribution in [3.8, 4) is 0 Å². The third kappa shape index (κ3) is 3.08. The summed E-state index contributed by atoms with van der Waals surface area (Å²) in [4.78, 5) is 10.4. The number of carboxylic acids is 1. The Balaban J connectivity index is 2.64. The summed E-state index contributed by atoms with van der Waals surface area (Å²) in [6, 6.07) is 0. The molecule has 1 N–H and O–H groups in total. The topological polar surface area (TPSA) is 55.1 Å². The molecule has 0 aromatic carbocycles. The second kappa shape index (κ2) is 4.96. The first-order valence-corrected chi connectivity index (χ1v) is 5.25. The van der Waals surface area contributed by atoms with Crippen molar-refractivity contribution < 1.29 is 9.90 Å². The Bertz CT molecular complexity index is 342. The van der Waals surface area contributed by atoms with Crippen molar-refractivity contribution >= 4 is 5.97 Å². The molecule has 84 valence electrons. The van der Waals surface area contributed by atoms with Gasteiger partial charge in [0.2, 0.25) is 0 Å². The zero-order valence-corrected chi connectivity index (χ0v) is 9.53. The fraction of sp³-hybridized carbons (Fsp3) is 0.636. The average molecular weight is 210 g/mol. The molecule has 1 aromatic rings. The molecule has 0 aliphatic rings. The number of aromatic nitrogens is 2. The molecule has 0 aliphatic heterocycles. The first-order valence-electron chi connectivity index (χ1n) is 5.25. The second-order valence-electron chi connectivity index (χ2n) is 4.08. The van der Waals surface area contributed by atoms with Gasteiger partial charge in [0.15, 0.2) is 0 Å². The van der Waals surface area contributed by atoms with Crippen molar-refractivity contribution in [3.05, 3.63) is 17.5 Å². The number of carbonyl (C=O) groups is 1. The van der Waals surface area contributed by atoms with Gasteiger partial charge in [0, 0.05) is 19.2 Å². The van der Waals surface area contributed by atoms with Gasteiger partial charge in [-0.2, -0.15) is 5.10 Å². The third-order valence-corrected chi connectivity index (χ3v) is 2.45. The van der Waals surface area contributed by atoms with E-state index in [1.807, 2.05) is 17.9 Å². The lowest BCUT2D eigenvalue weighted by molar-refractivity contribution is -0.137. The number of aryl methyl sites for hydroxylation is 2. The van der Waals surface area contributed by atoms with Gasteiger partial charge in [-0.15, -0.1) is 0 Å². The molecule has 0 spiro atoms. The van der Waals surface area contributed by atoms with Gasteiger partial charge in [0.05, 0.1) is 6.20 Å². The van der Waals surface area contributed by atoms with Gasteiger partial charge in [-0.25, -0.2) is 0 Å². The van der Waals surface area contributed by atoms with Crippen molar-refractivity contribution in [1.29, 1.82) is 0 Å². The van der Waals surface area contributed by atoms with Crippen LogP contribution in [0.4, 0.5) is 0 Å². The molecule has 0 aliphatic carbocycles. The van der Waals surface area contributed by atoms with Crippen LogP contribution in [0.5, 0.6) is 0 Å². The Labute approximate surface area is 89.9 Å². The normalized spacial score (nSPS) is 10.9. The third-order valence-electron chi connectivity index (χ3n) is 2.45. The van der Waals surface area contributed by atoms with E-state index in [1.54, 1.807) is 0 Å². The first kappa shape index (κ1) is 11.8. The molecule has 1 rings (SSSR count). The Kier molecular flexibility index (Phi) is 3.88. The number of rotatable bonds is 5. The van der Waals surface area contributed by atoms with Crippen LogP contribution in [-0.2, 0) is 18.3 Å². The molecule has 15 heavy (non-hydrogen) atoms. The molecule has 0 fully saturated rings. The van der Waals surface area contributed by atoms with E-state index in [0.717, 1.165) is 6.42 Å². The van der Waals surface area contributed by atoms with Gasteiger partial charge >= 0.3 is 5.97 Å². The monoisotopic (exact) mass is 210 g/mol. The minimum absolute atomic E-state index is 0.229. The second-order valence-corrected chi connectivity index (χ2v) is 4.08. The van der Waals surface area contributed by atoms with E-state index < -0.39 is 5.97 Å². The van der Waals surface area contributed by atoms with E-state index in [0.29, 0.717) is 12.3 Å². The summed E-state index contributed by atoms with van der Waals surface area (Å²) < 4.78 is 1.88. The van der Waals surface area contributed by atoms with E-state index in [4.69, 9.17) is 5.11 Å². The van der Waals surface area contributed by atoms with E-state index in [1.165, 1.54) is 11.3 Å². The highest BCUT2D eigenvalue weighted by Crippen LogP contribution is 2.20. The van der Waals surface area contributed by atoms with Crippen LogP contribution < -0.4 is 0 Å². The maximum atomic E-state index is 10.4. The van der Waals surface area contributed by atoms with Gasteiger partial charge in [-0.05, 0) is 24.3 Å². The highest BCUT2D eigenvalue weighted by Gasteiger charge is 2.11. The predicted molar refractivity (Wildman–Crippen MR) is 57.9 cm³/mol. The zero-order chi connectivity index (χ0) is 11.4. The smallest absolute Gasteiger partial charge is 0.303 e. The molecule has 1 heterocycles. The van der Waals surface area contributed by atoms with Crippen molar-refractivity contribution in [2.24, 2.45) is 7.05 Å². The molecule has 0 radical (unpaired) electrons. The molecule has 0 amide bonds. The highest BCUT2D eigenvalue weighted by molar-refractivity contribution is 5.66. The number of hydrogen-bond acceptors (Lipinski definition) is 2. The van der Waals surface area contributed by atoms with Gasteiger partial charge < -0.3 is 5.11 Å². The van der Waals surface area contributed by atoms with E-state index >= 15 is 0 Å². The van der Waals surface area contributed by atoms with Crippen molar-refractivity contribution in [2.75, 3.05) is 0 Å². The molecule has 0 atom stereocenters. The Hall–Kier alpha value is -1.32. The predicted octanol–water partition coefficient (Wildman–Crippen LogP) is 1.95. The van der Waals surface area contributed by atoms with Crippen LogP contribution in [0.25, 0.3) is 0 Å². The van der Waals surface area contributed by atoms with E-state index in [2.05, 4.69) is 18.9 Å². The van der Waals surface area contributed by atoms with E-state index in [9.17, 15) is 4.79 Å². The number of aliphatic carboxylic acids is 1. The van der Waals surface area contributed by atoms with Crippen LogP contribution in [-0.4, -0.2) is 20.9 Å². The summed E-state index contributed by atoms with van der Waals surface area (Å²) in [6.45, 7) is 4.25. The molecule has 4 heteroatoms. The summed E-state index contributed by atoms with van der Waals surface area (Å²) in [7, 11) is 1.93. The molecular formula is C11H18N2O2. The highest BCUT2D eigenvalue weighted by atomic mass is 16.4. The van der Waals surface area contributed by atoms with Crippen LogP contribution in [0.2, 0.25) is 0 Å². The Morgan fingerprint density at radius 2 is 2.27 bits per heavy atom. The molecule has 0 saturated carbocycles. The fourth-order valence-electron chi connectivity index (χ4n) is 1.86. The number of hydrogen-bond donors (Lipinski definition) is 1. The fourth-order valence-corrected chi connectivity index (χ4v) is 1.86. The van der Waals surface area contributed by atoms with Gasteiger partial charge in [0.1, 0.15) is 0 Å². The minimum atomic E-state index is -0.731. The van der Waals surface area contributed by atoms with Crippen LogP contribution in [0, 0.1) is 0 Å². The SMILES string of the molecule is CC(C)c1c(CCCC(=O)O)cnn1C. The first-order chi connectivity index (χ1) is 7.02. The molecule has 4 nitrogen and oxygen atoms in total. The molecule has 0 unspecified atom stereocenters. The Morgan fingerprint density at radius 3 is 2.80 bits per heavy atom. The maximum Gasteiger partial charge on any atom is 0.303 e. The van der Waals surface area contributed by atoms with Crippen LogP contribution >= 0.6 is 0 Å². The van der Waals surface area contributed by atoms with Gasteiger partial charge in [-0.1, -0.05) is 13.8 Å². The van der Waals surface area contributed by atoms with Crippen molar-refractivity contribution in [1.82, 2.24) is 9.78 Å². The lowest BCUT2D eigenvalue weighted by Gasteiger charge is -2.08. The lowest BCUT2D eigenvalue weighted by Crippen LogP contribution is -2.03. The summed E-state index contributed by atoms with van der Waals surface area (Å²) in [5.74, 6) is -0.303. The number of nitrogens with zero attached hydrogens (tertiary/aromatic N) is 2. The average Bonchev–Trinajstić information content (AvgIpc) is 2.46. The molecular weight excluding hydrogens is 192 g/mol. The van der Waals surface area contributed by atoms with Crippen LogP contribution in [0.15, 0.2) is 6.20 Å². The summed E-state index contributed by atoms with van der Waals surface area (Å²) >= 11 is 0. The van der Waals surface area contributed by atoms with Gasteiger partial charge in [0.25, 0.3) is 0 Å². The van der Waals surface area contributed by atoms with Crippen LogP contribution in [0.3, 0.4) is 0 Å². The number of carboxylic acid groups (broad SMARTS) is 1. The zero-order valence-electron chi connectivity index (χ0n) is 9.53. The van der Waals surface area contributed by atoms with Gasteiger partial charge in [-0.3, -0.25) is 9.48 Å². The van der Waals surface area contributed by atoms with E-state index in [-0.39, 0.29) is 6.42 Å². The van der Waals surface area contributed by atoms with Crippen LogP contribution in [0.1, 0.15) is 43.9 Å². The largest absolute Gasteiger partial charge is 0.481 e.